The van der Waals surface area contributed by atoms with Crippen LogP contribution in [0.15, 0.2) is 0 Å². The number of aliphatic hydroxyl groups is 1. The van der Waals surface area contributed by atoms with E-state index in [1.54, 1.807) is 11.7 Å². The van der Waals surface area contributed by atoms with Crippen LogP contribution in [-0.2, 0) is 13.5 Å². The van der Waals surface area contributed by atoms with Crippen molar-refractivity contribution >= 4 is 11.5 Å². The van der Waals surface area contributed by atoms with Gasteiger partial charge < -0.3 is 10.0 Å². The molecule has 0 unspecified atom stereocenters. The van der Waals surface area contributed by atoms with E-state index in [1.165, 1.54) is 0 Å². The van der Waals surface area contributed by atoms with Crippen molar-refractivity contribution in [3.63, 3.8) is 0 Å². The van der Waals surface area contributed by atoms with Gasteiger partial charge in [0, 0.05) is 26.7 Å². The largest absolute Gasteiger partial charge is 0.396 e. The van der Waals surface area contributed by atoms with Gasteiger partial charge in [-0.2, -0.15) is 5.10 Å². The van der Waals surface area contributed by atoms with Crippen LogP contribution in [0.3, 0.4) is 0 Å². The minimum atomic E-state index is -0.314. The van der Waals surface area contributed by atoms with Crippen LogP contribution in [0.25, 0.3) is 0 Å². The fraction of sp³-hybridized carbons (Fsp3) is 0.769. The number of nitro groups is 1. The molecule has 7 heteroatoms. The van der Waals surface area contributed by atoms with Crippen molar-refractivity contribution in [3.05, 3.63) is 15.8 Å². The molecule has 1 N–H and O–H groups in total. The Morgan fingerprint density at radius 1 is 1.45 bits per heavy atom. The third kappa shape index (κ3) is 2.77. The molecule has 0 radical (unpaired) electrons. The number of aryl methyl sites for hydroxylation is 2. The molecule has 2 rings (SSSR count). The van der Waals surface area contributed by atoms with E-state index < -0.39 is 0 Å². The van der Waals surface area contributed by atoms with Crippen LogP contribution in [0.5, 0.6) is 0 Å². The Balaban J connectivity index is 2.29. The quantitative estimate of drug-likeness (QED) is 0.653. The molecule has 112 valence electrons. The molecule has 0 spiro atoms. The van der Waals surface area contributed by atoms with Gasteiger partial charge in [-0.05, 0) is 25.2 Å². The molecule has 1 aliphatic rings. The van der Waals surface area contributed by atoms with Gasteiger partial charge in [0.2, 0.25) is 5.82 Å². The summed E-state index contributed by atoms with van der Waals surface area (Å²) < 4.78 is 1.63. The van der Waals surface area contributed by atoms with Crippen LogP contribution >= 0.6 is 0 Å². The van der Waals surface area contributed by atoms with Crippen molar-refractivity contribution in [3.8, 4) is 0 Å². The maximum Gasteiger partial charge on any atom is 0.334 e. The molecule has 0 amide bonds. The molecule has 1 aromatic heterocycles. The van der Waals surface area contributed by atoms with E-state index in [2.05, 4.69) is 5.10 Å². The van der Waals surface area contributed by atoms with E-state index in [4.69, 9.17) is 0 Å². The fourth-order valence-corrected chi connectivity index (χ4v) is 2.83. The zero-order valence-electron chi connectivity index (χ0n) is 12.1. The Morgan fingerprint density at radius 2 is 2.10 bits per heavy atom. The lowest BCUT2D eigenvalue weighted by molar-refractivity contribution is -0.384. The second kappa shape index (κ2) is 6.21. The monoisotopic (exact) mass is 282 g/mol. The van der Waals surface area contributed by atoms with Crippen molar-refractivity contribution < 1.29 is 10.0 Å². The maximum atomic E-state index is 11.4. The number of piperidine rings is 1. The SMILES string of the molecule is CCCc1nn(C)c(N2CCC(CO)CC2)c1[N+](=O)[O-]. The summed E-state index contributed by atoms with van der Waals surface area (Å²) in [5.74, 6) is 0.920. The molecular weight excluding hydrogens is 260 g/mol. The number of nitrogens with zero attached hydrogens (tertiary/aromatic N) is 4. The summed E-state index contributed by atoms with van der Waals surface area (Å²) in [6, 6.07) is 0. The smallest absolute Gasteiger partial charge is 0.334 e. The van der Waals surface area contributed by atoms with Gasteiger partial charge >= 0.3 is 5.69 Å². The molecule has 1 fully saturated rings. The number of hydrogen-bond donors (Lipinski definition) is 1. The maximum absolute atomic E-state index is 11.4. The highest BCUT2D eigenvalue weighted by atomic mass is 16.6. The van der Waals surface area contributed by atoms with Gasteiger partial charge in [-0.25, -0.2) is 4.68 Å². The normalized spacial score (nSPS) is 16.6. The van der Waals surface area contributed by atoms with Gasteiger partial charge in [0.25, 0.3) is 0 Å². The van der Waals surface area contributed by atoms with Crippen molar-refractivity contribution in [1.29, 1.82) is 0 Å². The summed E-state index contributed by atoms with van der Waals surface area (Å²) in [5, 5.41) is 24.9. The van der Waals surface area contributed by atoms with Gasteiger partial charge in [0.15, 0.2) is 0 Å². The third-order valence-electron chi connectivity index (χ3n) is 3.90. The van der Waals surface area contributed by atoms with Crippen molar-refractivity contribution in [1.82, 2.24) is 9.78 Å². The van der Waals surface area contributed by atoms with Gasteiger partial charge in [0.05, 0.1) is 4.92 Å². The second-order valence-corrected chi connectivity index (χ2v) is 5.36. The molecule has 1 aromatic rings. The lowest BCUT2D eigenvalue weighted by atomic mass is 9.98. The summed E-state index contributed by atoms with van der Waals surface area (Å²) in [6.45, 7) is 3.65. The molecule has 7 nitrogen and oxygen atoms in total. The Kier molecular flexibility index (Phi) is 4.59. The fourth-order valence-electron chi connectivity index (χ4n) is 2.83. The van der Waals surface area contributed by atoms with Gasteiger partial charge in [0.1, 0.15) is 5.69 Å². The van der Waals surface area contributed by atoms with E-state index in [0.29, 0.717) is 23.9 Å². The zero-order valence-corrected chi connectivity index (χ0v) is 12.1. The first-order valence-corrected chi connectivity index (χ1v) is 7.14. The summed E-state index contributed by atoms with van der Waals surface area (Å²) in [4.78, 5) is 13.1. The molecule has 0 aromatic carbocycles. The average Bonchev–Trinajstić information content (AvgIpc) is 2.76. The van der Waals surface area contributed by atoms with Crippen LogP contribution in [-0.4, -0.2) is 39.5 Å². The number of aromatic nitrogens is 2. The van der Waals surface area contributed by atoms with Crippen LogP contribution in [0.2, 0.25) is 0 Å². The lowest BCUT2D eigenvalue weighted by Gasteiger charge is -2.31. The first-order valence-electron chi connectivity index (χ1n) is 7.14. The predicted octanol–water partition coefficient (Wildman–Crippen LogP) is 1.49. The Hall–Kier alpha value is -1.63. The van der Waals surface area contributed by atoms with Crippen LogP contribution < -0.4 is 4.90 Å². The Labute approximate surface area is 118 Å². The van der Waals surface area contributed by atoms with E-state index in [1.807, 2.05) is 11.8 Å². The summed E-state index contributed by atoms with van der Waals surface area (Å²) in [6.07, 6.45) is 3.19. The highest BCUT2D eigenvalue weighted by Gasteiger charge is 2.31. The molecular formula is C13H22N4O3. The molecule has 0 aliphatic carbocycles. The van der Waals surface area contributed by atoms with Crippen molar-refractivity contribution in [2.75, 3.05) is 24.6 Å². The minimum Gasteiger partial charge on any atom is -0.396 e. The van der Waals surface area contributed by atoms with Crippen molar-refractivity contribution in [2.45, 2.75) is 32.6 Å². The van der Waals surface area contributed by atoms with E-state index in [9.17, 15) is 15.2 Å². The second-order valence-electron chi connectivity index (χ2n) is 5.36. The highest BCUT2D eigenvalue weighted by Crippen LogP contribution is 2.34. The molecule has 20 heavy (non-hydrogen) atoms. The number of anilines is 1. The molecule has 0 bridgehead atoms. The average molecular weight is 282 g/mol. The van der Waals surface area contributed by atoms with E-state index in [-0.39, 0.29) is 17.2 Å². The molecule has 0 atom stereocenters. The first kappa shape index (κ1) is 14.8. The number of hydrogen-bond acceptors (Lipinski definition) is 5. The standard InChI is InChI=1S/C13H22N4O3/c1-3-4-11-12(17(19)20)13(15(2)14-11)16-7-5-10(9-18)6-8-16/h10,18H,3-9H2,1-2H3. The third-order valence-corrected chi connectivity index (χ3v) is 3.90. The van der Waals surface area contributed by atoms with E-state index in [0.717, 1.165) is 32.4 Å². The Morgan fingerprint density at radius 3 is 2.60 bits per heavy atom. The van der Waals surface area contributed by atoms with Crippen LogP contribution in [0.1, 0.15) is 31.9 Å². The highest BCUT2D eigenvalue weighted by molar-refractivity contribution is 5.61. The van der Waals surface area contributed by atoms with Gasteiger partial charge in [-0.15, -0.1) is 0 Å². The molecule has 1 saturated heterocycles. The van der Waals surface area contributed by atoms with Gasteiger partial charge in [-0.1, -0.05) is 13.3 Å². The molecule has 0 saturated carbocycles. The number of rotatable bonds is 5. The lowest BCUT2D eigenvalue weighted by Crippen LogP contribution is -2.36. The Bertz CT molecular complexity index is 478. The van der Waals surface area contributed by atoms with Gasteiger partial charge in [-0.3, -0.25) is 10.1 Å². The zero-order chi connectivity index (χ0) is 14.7. The topological polar surface area (TPSA) is 84.4 Å². The van der Waals surface area contributed by atoms with Crippen LogP contribution in [0.4, 0.5) is 11.5 Å². The summed E-state index contributed by atoms with van der Waals surface area (Å²) in [7, 11) is 1.76. The van der Waals surface area contributed by atoms with Crippen molar-refractivity contribution in [2.24, 2.45) is 13.0 Å². The van der Waals surface area contributed by atoms with Crippen LogP contribution in [0, 0.1) is 16.0 Å². The minimum absolute atomic E-state index is 0.150. The summed E-state index contributed by atoms with van der Waals surface area (Å²) >= 11 is 0. The summed E-state index contributed by atoms with van der Waals surface area (Å²) in [5.41, 5.74) is 0.719. The first-order chi connectivity index (χ1) is 9.58. The molecule has 2 heterocycles. The molecule has 1 aliphatic heterocycles. The van der Waals surface area contributed by atoms with E-state index >= 15 is 0 Å². The predicted molar refractivity (Wildman–Crippen MR) is 75.9 cm³/mol. The number of aliphatic hydroxyl groups excluding tert-OH is 1.